The lowest BCUT2D eigenvalue weighted by Crippen LogP contribution is -2.23. The molecule has 0 aromatic heterocycles. The predicted molar refractivity (Wildman–Crippen MR) is 87.6 cm³/mol. The van der Waals surface area contributed by atoms with E-state index in [1.807, 2.05) is 0 Å². The zero-order valence-corrected chi connectivity index (χ0v) is 13.7. The molecule has 112 valence electrons. The SMILES string of the molecule is CCNC(c1ccc(F)c(Cl)c1)c1c(C)cc(C)cc1C. The highest BCUT2D eigenvalue weighted by Gasteiger charge is 2.18. The quantitative estimate of drug-likeness (QED) is 0.828. The Morgan fingerprint density at radius 2 is 1.71 bits per heavy atom. The zero-order valence-electron chi connectivity index (χ0n) is 12.9. The van der Waals surface area contributed by atoms with Crippen molar-refractivity contribution in [2.45, 2.75) is 33.7 Å². The summed E-state index contributed by atoms with van der Waals surface area (Å²) in [5.74, 6) is -0.381. The van der Waals surface area contributed by atoms with Crippen LogP contribution >= 0.6 is 11.6 Å². The zero-order chi connectivity index (χ0) is 15.6. The molecule has 0 saturated carbocycles. The number of halogens is 2. The largest absolute Gasteiger partial charge is 0.307 e. The van der Waals surface area contributed by atoms with E-state index in [-0.39, 0.29) is 16.9 Å². The third-order valence-corrected chi connectivity index (χ3v) is 4.00. The van der Waals surface area contributed by atoms with Crippen molar-refractivity contribution < 1.29 is 4.39 Å². The van der Waals surface area contributed by atoms with Crippen molar-refractivity contribution in [1.29, 1.82) is 0 Å². The van der Waals surface area contributed by atoms with Gasteiger partial charge in [0.05, 0.1) is 11.1 Å². The van der Waals surface area contributed by atoms with Gasteiger partial charge in [-0.15, -0.1) is 0 Å². The number of hydrogen-bond acceptors (Lipinski definition) is 1. The van der Waals surface area contributed by atoms with E-state index in [0.29, 0.717) is 0 Å². The maximum Gasteiger partial charge on any atom is 0.141 e. The van der Waals surface area contributed by atoms with E-state index in [9.17, 15) is 4.39 Å². The molecule has 1 N–H and O–H groups in total. The van der Waals surface area contributed by atoms with Crippen LogP contribution in [0.4, 0.5) is 4.39 Å². The minimum absolute atomic E-state index is 0.0219. The summed E-state index contributed by atoms with van der Waals surface area (Å²) in [7, 11) is 0. The summed E-state index contributed by atoms with van der Waals surface area (Å²) >= 11 is 5.95. The second-order valence-corrected chi connectivity index (χ2v) is 5.88. The number of benzene rings is 2. The van der Waals surface area contributed by atoms with E-state index in [0.717, 1.165) is 12.1 Å². The van der Waals surface area contributed by atoms with Crippen molar-refractivity contribution >= 4 is 11.6 Å². The summed E-state index contributed by atoms with van der Waals surface area (Å²) in [6, 6.07) is 9.32. The lowest BCUT2D eigenvalue weighted by atomic mass is 9.90. The fraction of sp³-hybridized carbons (Fsp3) is 0.333. The molecule has 0 aliphatic heterocycles. The Hall–Kier alpha value is -1.38. The normalized spacial score (nSPS) is 12.5. The predicted octanol–water partition coefficient (Wildman–Crippen LogP) is 5.10. The topological polar surface area (TPSA) is 12.0 Å². The number of aryl methyl sites for hydroxylation is 3. The fourth-order valence-corrected chi connectivity index (χ4v) is 3.12. The summed E-state index contributed by atoms with van der Waals surface area (Å²) in [6.07, 6.45) is 0. The highest BCUT2D eigenvalue weighted by molar-refractivity contribution is 6.30. The molecule has 0 aliphatic carbocycles. The second kappa shape index (κ2) is 6.59. The van der Waals surface area contributed by atoms with Crippen molar-refractivity contribution in [2.24, 2.45) is 0 Å². The van der Waals surface area contributed by atoms with Crippen molar-refractivity contribution in [3.05, 3.63) is 69.0 Å². The Morgan fingerprint density at radius 1 is 1.10 bits per heavy atom. The molecule has 0 fully saturated rings. The molecule has 0 spiro atoms. The van der Waals surface area contributed by atoms with Crippen molar-refractivity contribution in [3.8, 4) is 0 Å². The Balaban J connectivity index is 2.55. The Bertz CT molecular complexity index is 629. The fourth-order valence-electron chi connectivity index (χ4n) is 2.93. The first-order valence-corrected chi connectivity index (χ1v) is 7.58. The monoisotopic (exact) mass is 305 g/mol. The van der Waals surface area contributed by atoms with Crippen LogP contribution in [0.1, 0.15) is 40.8 Å². The molecule has 0 amide bonds. The molecule has 0 heterocycles. The first-order valence-electron chi connectivity index (χ1n) is 7.20. The van der Waals surface area contributed by atoms with Gasteiger partial charge in [-0.05, 0) is 61.7 Å². The lowest BCUT2D eigenvalue weighted by molar-refractivity contribution is 0.611. The molecule has 0 bridgehead atoms. The smallest absolute Gasteiger partial charge is 0.141 e. The summed E-state index contributed by atoms with van der Waals surface area (Å²) in [4.78, 5) is 0. The number of hydrogen-bond donors (Lipinski definition) is 1. The third-order valence-electron chi connectivity index (χ3n) is 3.71. The summed E-state index contributed by atoms with van der Waals surface area (Å²) in [5, 5.41) is 3.65. The molecule has 21 heavy (non-hydrogen) atoms. The molecule has 2 aromatic rings. The Morgan fingerprint density at radius 3 is 2.24 bits per heavy atom. The number of nitrogens with one attached hydrogen (secondary N) is 1. The average molecular weight is 306 g/mol. The maximum absolute atomic E-state index is 13.4. The van der Waals surface area contributed by atoms with Gasteiger partial charge < -0.3 is 5.32 Å². The van der Waals surface area contributed by atoms with Gasteiger partial charge in [0.25, 0.3) is 0 Å². The number of rotatable bonds is 4. The molecule has 3 heteroatoms. The van der Waals surface area contributed by atoms with Crippen molar-refractivity contribution in [3.63, 3.8) is 0 Å². The minimum Gasteiger partial charge on any atom is -0.307 e. The van der Waals surface area contributed by atoms with E-state index >= 15 is 0 Å². The van der Waals surface area contributed by atoms with Crippen LogP contribution in [0.25, 0.3) is 0 Å². The van der Waals surface area contributed by atoms with E-state index in [4.69, 9.17) is 11.6 Å². The molecule has 2 aromatic carbocycles. The van der Waals surface area contributed by atoms with Gasteiger partial charge in [-0.25, -0.2) is 4.39 Å². The molecule has 0 radical (unpaired) electrons. The first kappa shape index (κ1) is 16.0. The minimum atomic E-state index is -0.381. The van der Waals surface area contributed by atoms with Crippen LogP contribution < -0.4 is 5.32 Å². The summed E-state index contributed by atoms with van der Waals surface area (Å²) in [5.41, 5.74) is 5.95. The average Bonchev–Trinajstić information content (AvgIpc) is 2.40. The van der Waals surface area contributed by atoms with Crippen LogP contribution in [0.3, 0.4) is 0 Å². The van der Waals surface area contributed by atoms with Gasteiger partial charge in [-0.1, -0.05) is 42.3 Å². The van der Waals surface area contributed by atoms with Gasteiger partial charge in [-0.2, -0.15) is 0 Å². The summed E-state index contributed by atoms with van der Waals surface area (Å²) in [6.45, 7) is 9.22. The van der Waals surface area contributed by atoms with Crippen molar-refractivity contribution in [2.75, 3.05) is 6.54 Å². The Labute approximate surface area is 131 Å². The molecule has 1 nitrogen and oxygen atoms in total. The highest BCUT2D eigenvalue weighted by atomic mass is 35.5. The summed E-state index contributed by atoms with van der Waals surface area (Å²) < 4.78 is 13.4. The van der Waals surface area contributed by atoms with E-state index in [2.05, 4.69) is 45.1 Å². The van der Waals surface area contributed by atoms with Gasteiger partial charge in [0.2, 0.25) is 0 Å². The molecule has 1 atom stereocenters. The maximum atomic E-state index is 13.4. The molecule has 2 rings (SSSR count). The van der Waals surface area contributed by atoms with E-state index < -0.39 is 0 Å². The molecule has 1 unspecified atom stereocenters. The Kier molecular flexibility index (Phi) is 5.02. The van der Waals surface area contributed by atoms with Crippen LogP contribution in [0.5, 0.6) is 0 Å². The van der Waals surface area contributed by atoms with Gasteiger partial charge in [-0.3, -0.25) is 0 Å². The third kappa shape index (κ3) is 3.45. The van der Waals surface area contributed by atoms with Crippen LogP contribution in [0.2, 0.25) is 5.02 Å². The van der Waals surface area contributed by atoms with Crippen LogP contribution in [-0.4, -0.2) is 6.54 Å². The molecular formula is C18H21ClFN. The van der Waals surface area contributed by atoms with Crippen LogP contribution in [0.15, 0.2) is 30.3 Å². The molecule has 0 aliphatic rings. The molecular weight excluding hydrogens is 285 g/mol. The van der Waals surface area contributed by atoms with E-state index in [1.165, 1.54) is 28.3 Å². The highest BCUT2D eigenvalue weighted by Crippen LogP contribution is 2.30. The van der Waals surface area contributed by atoms with Crippen molar-refractivity contribution in [1.82, 2.24) is 5.32 Å². The van der Waals surface area contributed by atoms with E-state index in [1.54, 1.807) is 12.1 Å². The van der Waals surface area contributed by atoms with Gasteiger partial charge in [0.15, 0.2) is 0 Å². The second-order valence-electron chi connectivity index (χ2n) is 5.48. The van der Waals surface area contributed by atoms with Gasteiger partial charge in [0.1, 0.15) is 5.82 Å². The van der Waals surface area contributed by atoms with Crippen LogP contribution in [0, 0.1) is 26.6 Å². The van der Waals surface area contributed by atoms with Crippen LogP contribution in [-0.2, 0) is 0 Å². The van der Waals surface area contributed by atoms with Gasteiger partial charge >= 0.3 is 0 Å². The first-order chi connectivity index (χ1) is 9.93. The standard InChI is InChI=1S/C18H21ClFN/c1-5-21-18(14-6-7-16(20)15(19)10-14)17-12(3)8-11(2)9-13(17)4/h6-10,18,21H,5H2,1-4H3. The lowest BCUT2D eigenvalue weighted by Gasteiger charge is -2.24. The van der Waals surface area contributed by atoms with Gasteiger partial charge in [0, 0.05) is 0 Å². The molecule has 0 saturated heterocycles.